The molecule has 0 saturated carbocycles. The van der Waals surface area contributed by atoms with Crippen LogP contribution in [0.1, 0.15) is 42.9 Å². The molecular formula is C29H31FN2O3. The summed E-state index contributed by atoms with van der Waals surface area (Å²) < 4.78 is 25.3. The van der Waals surface area contributed by atoms with Crippen molar-refractivity contribution in [2.24, 2.45) is 0 Å². The zero-order chi connectivity index (χ0) is 24.3. The molecule has 3 aromatic rings. The molecule has 0 N–H and O–H groups in total. The van der Waals surface area contributed by atoms with Gasteiger partial charge in [-0.25, -0.2) is 4.39 Å². The number of halogens is 1. The van der Waals surface area contributed by atoms with Gasteiger partial charge < -0.3 is 14.4 Å². The minimum atomic E-state index is -0.741. The van der Waals surface area contributed by atoms with E-state index >= 15 is 0 Å². The molecule has 3 heterocycles. The van der Waals surface area contributed by atoms with E-state index in [0.29, 0.717) is 39.1 Å². The first-order valence-electron chi connectivity index (χ1n) is 12.3. The summed E-state index contributed by atoms with van der Waals surface area (Å²) in [6, 6.07) is 20.5. The van der Waals surface area contributed by atoms with Gasteiger partial charge in [-0.3, -0.25) is 9.78 Å². The lowest BCUT2D eigenvalue weighted by Crippen LogP contribution is -2.52. The lowest BCUT2D eigenvalue weighted by atomic mass is 9.72. The first kappa shape index (κ1) is 23.5. The fourth-order valence-corrected chi connectivity index (χ4v) is 5.52. The van der Waals surface area contributed by atoms with E-state index in [1.165, 1.54) is 12.1 Å². The minimum absolute atomic E-state index is 0.0805. The predicted octanol–water partition coefficient (Wildman–Crippen LogP) is 5.35. The number of carbonyl (C=O) groups is 1. The zero-order valence-corrected chi connectivity index (χ0v) is 20.1. The molecule has 35 heavy (non-hydrogen) atoms. The Morgan fingerprint density at radius 3 is 2.69 bits per heavy atom. The van der Waals surface area contributed by atoms with Gasteiger partial charge in [0.25, 0.3) is 0 Å². The molecule has 2 fully saturated rings. The number of rotatable bonds is 5. The molecule has 0 aliphatic carbocycles. The topological polar surface area (TPSA) is 51.7 Å². The summed E-state index contributed by atoms with van der Waals surface area (Å²) >= 11 is 0. The van der Waals surface area contributed by atoms with Crippen molar-refractivity contribution in [3.05, 3.63) is 83.8 Å². The fourth-order valence-electron chi connectivity index (χ4n) is 5.52. The molecule has 2 aliphatic rings. The summed E-state index contributed by atoms with van der Waals surface area (Å²) in [5.74, 6) is 0.702. The van der Waals surface area contributed by atoms with Gasteiger partial charge in [-0.15, -0.1) is 0 Å². The number of hydrogen-bond donors (Lipinski definition) is 0. The van der Waals surface area contributed by atoms with Crippen molar-refractivity contribution in [1.82, 2.24) is 9.88 Å². The van der Waals surface area contributed by atoms with Gasteiger partial charge in [-0.1, -0.05) is 30.3 Å². The molecule has 1 unspecified atom stereocenters. The molecule has 182 valence electrons. The second kappa shape index (κ2) is 10.2. The maximum atomic E-state index is 14.1. The monoisotopic (exact) mass is 474 g/mol. The Hall–Kier alpha value is -3.25. The first-order chi connectivity index (χ1) is 17.1. The number of benzene rings is 2. The molecule has 2 aliphatic heterocycles. The Morgan fingerprint density at radius 2 is 1.89 bits per heavy atom. The second-order valence-corrected chi connectivity index (χ2v) is 9.44. The van der Waals surface area contributed by atoms with E-state index in [4.69, 9.17) is 14.5 Å². The average Bonchev–Trinajstić information content (AvgIpc) is 2.93. The van der Waals surface area contributed by atoms with Crippen LogP contribution < -0.4 is 4.74 Å². The number of hydrogen-bond acceptors (Lipinski definition) is 4. The van der Waals surface area contributed by atoms with Gasteiger partial charge in [0.2, 0.25) is 5.91 Å². The number of nitrogens with zero attached hydrogens (tertiary/aromatic N) is 2. The van der Waals surface area contributed by atoms with E-state index in [0.717, 1.165) is 41.1 Å². The molecule has 5 nitrogen and oxygen atoms in total. The zero-order valence-electron chi connectivity index (χ0n) is 20.1. The fraction of sp³-hybridized carbons (Fsp3) is 0.379. The Labute approximate surface area is 205 Å². The quantitative estimate of drug-likeness (QED) is 0.500. The number of methoxy groups -OCH3 is 1. The standard InChI is InChI=1S/C29H31FN2O3/c1-34-27-13-3-2-10-24(27)26-12-5-11-25(31-26)21-7-6-16-32(20-21)28(33)29(14-17-35-18-15-29)22-8-4-9-23(30)19-22/h2-5,8-13,19,21H,6-7,14-18,20H2,1H3. The summed E-state index contributed by atoms with van der Waals surface area (Å²) in [6.07, 6.45) is 3.02. The van der Waals surface area contributed by atoms with E-state index in [2.05, 4.69) is 0 Å². The van der Waals surface area contributed by atoms with Gasteiger partial charge in [-0.05, 0) is 67.6 Å². The third kappa shape index (κ3) is 4.67. The third-order valence-corrected chi connectivity index (χ3v) is 7.41. The Kier molecular flexibility index (Phi) is 6.82. The second-order valence-electron chi connectivity index (χ2n) is 9.44. The SMILES string of the molecule is COc1ccccc1-c1cccc(C2CCCN(C(=O)C3(c4cccc(F)c4)CCOCC3)C2)n1. The molecule has 0 bridgehead atoms. The highest BCUT2D eigenvalue weighted by Crippen LogP contribution is 2.39. The Balaban J connectivity index is 1.41. The van der Waals surface area contributed by atoms with Crippen molar-refractivity contribution in [3.8, 4) is 17.0 Å². The van der Waals surface area contributed by atoms with Crippen LogP contribution in [0.2, 0.25) is 0 Å². The highest BCUT2D eigenvalue weighted by Gasteiger charge is 2.45. The van der Waals surface area contributed by atoms with Crippen LogP contribution in [0.5, 0.6) is 5.75 Å². The third-order valence-electron chi connectivity index (χ3n) is 7.41. The van der Waals surface area contributed by atoms with E-state index in [-0.39, 0.29) is 17.6 Å². The van der Waals surface area contributed by atoms with Crippen LogP contribution in [0.25, 0.3) is 11.3 Å². The molecule has 1 aromatic heterocycles. The number of aromatic nitrogens is 1. The molecule has 1 atom stereocenters. The molecule has 1 amide bonds. The van der Waals surface area contributed by atoms with Gasteiger partial charge in [0.1, 0.15) is 11.6 Å². The Morgan fingerprint density at radius 1 is 1.09 bits per heavy atom. The average molecular weight is 475 g/mol. The molecule has 0 radical (unpaired) electrons. The van der Waals surface area contributed by atoms with Crippen LogP contribution in [-0.2, 0) is 14.9 Å². The van der Waals surface area contributed by atoms with Gasteiger partial charge in [0.15, 0.2) is 0 Å². The van der Waals surface area contributed by atoms with Gasteiger partial charge in [-0.2, -0.15) is 0 Å². The molecule has 2 aromatic carbocycles. The minimum Gasteiger partial charge on any atom is -0.496 e. The molecule has 6 heteroatoms. The molecule has 2 saturated heterocycles. The van der Waals surface area contributed by atoms with Gasteiger partial charge in [0.05, 0.1) is 18.2 Å². The van der Waals surface area contributed by atoms with Crippen molar-refractivity contribution >= 4 is 5.91 Å². The van der Waals surface area contributed by atoms with E-state index < -0.39 is 5.41 Å². The first-order valence-corrected chi connectivity index (χ1v) is 12.3. The van der Waals surface area contributed by atoms with Gasteiger partial charge >= 0.3 is 0 Å². The van der Waals surface area contributed by atoms with Crippen molar-refractivity contribution < 1.29 is 18.7 Å². The van der Waals surface area contributed by atoms with Crippen LogP contribution in [0.4, 0.5) is 4.39 Å². The summed E-state index contributed by atoms with van der Waals surface area (Å²) in [5, 5.41) is 0. The lowest BCUT2D eigenvalue weighted by Gasteiger charge is -2.42. The number of carbonyl (C=O) groups excluding carboxylic acids is 1. The van der Waals surface area contributed by atoms with Crippen LogP contribution in [0.15, 0.2) is 66.7 Å². The van der Waals surface area contributed by atoms with Crippen molar-refractivity contribution in [3.63, 3.8) is 0 Å². The number of piperidine rings is 1. The van der Waals surface area contributed by atoms with Gasteiger partial charge in [0, 0.05) is 43.5 Å². The summed E-state index contributed by atoms with van der Waals surface area (Å²) in [4.78, 5) is 21.0. The molecule has 5 rings (SSSR count). The smallest absolute Gasteiger partial charge is 0.233 e. The predicted molar refractivity (Wildman–Crippen MR) is 133 cm³/mol. The van der Waals surface area contributed by atoms with Crippen molar-refractivity contribution in [1.29, 1.82) is 0 Å². The van der Waals surface area contributed by atoms with Crippen LogP contribution in [-0.4, -0.2) is 49.2 Å². The highest BCUT2D eigenvalue weighted by molar-refractivity contribution is 5.88. The Bertz CT molecular complexity index is 1190. The molecular weight excluding hydrogens is 443 g/mol. The largest absolute Gasteiger partial charge is 0.496 e. The number of ether oxygens (including phenoxy) is 2. The number of likely N-dealkylation sites (tertiary alicyclic amines) is 1. The van der Waals surface area contributed by atoms with Crippen LogP contribution >= 0.6 is 0 Å². The van der Waals surface area contributed by atoms with Crippen LogP contribution in [0, 0.1) is 5.82 Å². The maximum absolute atomic E-state index is 14.1. The number of para-hydroxylation sites is 1. The lowest BCUT2D eigenvalue weighted by molar-refractivity contribution is -0.142. The van der Waals surface area contributed by atoms with E-state index in [1.807, 2.05) is 53.4 Å². The highest BCUT2D eigenvalue weighted by atomic mass is 19.1. The maximum Gasteiger partial charge on any atom is 0.233 e. The van der Waals surface area contributed by atoms with Crippen molar-refractivity contribution in [2.45, 2.75) is 37.0 Å². The van der Waals surface area contributed by atoms with E-state index in [1.54, 1.807) is 13.2 Å². The van der Waals surface area contributed by atoms with Crippen LogP contribution in [0.3, 0.4) is 0 Å². The summed E-state index contributed by atoms with van der Waals surface area (Å²) in [5.41, 5.74) is 2.81. The van der Waals surface area contributed by atoms with E-state index in [9.17, 15) is 9.18 Å². The summed E-state index contributed by atoms with van der Waals surface area (Å²) in [6.45, 7) is 2.32. The number of pyridine rings is 1. The number of amides is 1. The van der Waals surface area contributed by atoms with Crippen molar-refractivity contribution in [2.75, 3.05) is 33.4 Å². The normalized spacial score (nSPS) is 19.8. The summed E-state index contributed by atoms with van der Waals surface area (Å²) in [7, 11) is 1.66. The molecule has 0 spiro atoms.